The maximum Gasteiger partial charge on any atom is 0.323 e. The molecule has 7 nitrogen and oxygen atoms in total. The third-order valence-corrected chi connectivity index (χ3v) is 1.81. The van der Waals surface area contributed by atoms with Crippen LogP contribution in [0.25, 0.3) is 0 Å². The van der Waals surface area contributed by atoms with Crippen molar-refractivity contribution in [1.82, 2.24) is 0 Å². The maximum absolute atomic E-state index is 10.8. The number of hydrogen-bond donors (Lipinski definition) is 2. The molecular formula is C9H10N2O5. The van der Waals surface area contributed by atoms with Crippen LogP contribution in [0.3, 0.4) is 0 Å². The summed E-state index contributed by atoms with van der Waals surface area (Å²) < 4.78 is 4.98. The predicted octanol–water partition coefficient (Wildman–Crippen LogP) is 1.51. The lowest BCUT2D eigenvalue weighted by Crippen LogP contribution is -2.01. The highest BCUT2D eigenvalue weighted by molar-refractivity contribution is 5.87. The molecule has 1 rings (SSSR count). The lowest BCUT2D eigenvalue weighted by atomic mass is 10.1. The van der Waals surface area contributed by atoms with Gasteiger partial charge >= 0.3 is 5.69 Å². The van der Waals surface area contributed by atoms with Crippen LogP contribution in [0, 0.1) is 10.1 Å². The number of nitro groups is 1. The first-order valence-electron chi connectivity index (χ1n) is 4.42. The lowest BCUT2D eigenvalue weighted by molar-refractivity contribution is -0.386. The number of benzene rings is 1. The van der Waals surface area contributed by atoms with Crippen LogP contribution < -0.4 is 4.74 Å². The monoisotopic (exact) mass is 226 g/mol. The molecular weight excluding hydrogens is 216 g/mol. The molecule has 0 aliphatic heterocycles. The standard InChI is InChI=1S/C9H10N2O5/c1-2-16-9-7(12)4-3-6(5-10-13)8(9)11(14)15/h3-5,12-13H,2H2,1H3. The first-order valence-corrected chi connectivity index (χ1v) is 4.42. The van der Waals surface area contributed by atoms with Crippen LogP contribution >= 0.6 is 0 Å². The van der Waals surface area contributed by atoms with Gasteiger partial charge in [-0.25, -0.2) is 0 Å². The molecule has 0 saturated carbocycles. The van der Waals surface area contributed by atoms with Gasteiger partial charge < -0.3 is 15.1 Å². The summed E-state index contributed by atoms with van der Waals surface area (Å²) in [5, 5.41) is 31.3. The summed E-state index contributed by atoms with van der Waals surface area (Å²) in [6.45, 7) is 1.81. The zero-order valence-corrected chi connectivity index (χ0v) is 8.45. The molecule has 1 aromatic carbocycles. The number of phenolic OH excluding ortho intramolecular Hbond substituents is 1. The van der Waals surface area contributed by atoms with Gasteiger partial charge in [-0.3, -0.25) is 10.1 Å². The quantitative estimate of drug-likeness (QED) is 0.350. The Balaban J connectivity index is 3.43. The summed E-state index contributed by atoms with van der Waals surface area (Å²) >= 11 is 0. The summed E-state index contributed by atoms with van der Waals surface area (Å²) in [5.74, 6) is -0.562. The average Bonchev–Trinajstić information content (AvgIpc) is 2.23. The zero-order chi connectivity index (χ0) is 12.1. The van der Waals surface area contributed by atoms with Gasteiger partial charge in [-0.05, 0) is 19.1 Å². The molecule has 0 heterocycles. The van der Waals surface area contributed by atoms with Gasteiger partial charge in [0, 0.05) is 0 Å². The Bertz CT molecular complexity index is 430. The number of nitrogens with zero attached hydrogens (tertiary/aromatic N) is 2. The van der Waals surface area contributed by atoms with E-state index in [1.807, 2.05) is 0 Å². The molecule has 0 atom stereocenters. The van der Waals surface area contributed by atoms with Gasteiger partial charge in [0.25, 0.3) is 0 Å². The van der Waals surface area contributed by atoms with Crippen LogP contribution in [-0.4, -0.2) is 28.1 Å². The van der Waals surface area contributed by atoms with E-state index < -0.39 is 10.6 Å². The molecule has 0 bridgehead atoms. The van der Waals surface area contributed by atoms with Gasteiger partial charge in [-0.2, -0.15) is 0 Å². The van der Waals surface area contributed by atoms with Crippen LogP contribution in [0.4, 0.5) is 5.69 Å². The molecule has 0 radical (unpaired) electrons. The first kappa shape index (κ1) is 11.8. The van der Waals surface area contributed by atoms with Crippen LogP contribution in [0.1, 0.15) is 12.5 Å². The molecule has 0 spiro atoms. The third kappa shape index (κ3) is 2.19. The van der Waals surface area contributed by atoms with E-state index in [2.05, 4.69) is 5.16 Å². The smallest absolute Gasteiger partial charge is 0.323 e. The van der Waals surface area contributed by atoms with Gasteiger partial charge in [0.1, 0.15) is 0 Å². The summed E-state index contributed by atoms with van der Waals surface area (Å²) in [6, 6.07) is 2.49. The zero-order valence-electron chi connectivity index (χ0n) is 8.45. The van der Waals surface area contributed by atoms with E-state index in [0.29, 0.717) is 0 Å². The number of hydrogen-bond acceptors (Lipinski definition) is 6. The van der Waals surface area contributed by atoms with Crippen molar-refractivity contribution in [1.29, 1.82) is 0 Å². The fourth-order valence-electron chi connectivity index (χ4n) is 1.22. The Morgan fingerprint density at radius 3 is 2.81 bits per heavy atom. The Kier molecular flexibility index (Phi) is 3.65. The Morgan fingerprint density at radius 2 is 2.31 bits per heavy atom. The lowest BCUT2D eigenvalue weighted by Gasteiger charge is -2.07. The number of oxime groups is 1. The van der Waals surface area contributed by atoms with Crippen molar-refractivity contribution >= 4 is 11.9 Å². The van der Waals surface area contributed by atoms with Crippen molar-refractivity contribution < 1.29 is 20.0 Å². The van der Waals surface area contributed by atoms with Crippen LogP contribution in [0.15, 0.2) is 17.3 Å². The minimum absolute atomic E-state index is 0.0498. The van der Waals surface area contributed by atoms with Crippen molar-refractivity contribution in [2.75, 3.05) is 6.61 Å². The second-order valence-electron chi connectivity index (χ2n) is 2.79. The van der Waals surface area contributed by atoms with Crippen LogP contribution in [-0.2, 0) is 0 Å². The SMILES string of the molecule is CCOc1c(O)ccc(C=NO)c1[N+](=O)[O-]. The highest BCUT2D eigenvalue weighted by Crippen LogP contribution is 2.38. The highest BCUT2D eigenvalue weighted by Gasteiger charge is 2.23. The van der Waals surface area contributed by atoms with Gasteiger partial charge in [0.05, 0.1) is 23.3 Å². The fourth-order valence-corrected chi connectivity index (χ4v) is 1.22. The second kappa shape index (κ2) is 4.96. The molecule has 16 heavy (non-hydrogen) atoms. The molecule has 0 amide bonds. The molecule has 86 valence electrons. The van der Waals surface area contributed by atoms with E-state index in [1.54, 1.807) is 6.92 Å². The topological polar surface area (TPSA) is 105 Å². The molecule has 0 unspecified atom stereocenters. The highest BCUT2D eigenvalue weighted by atomic mass is 16.6. The molecule has 0 saturated heterocycles. The number of aromatic hydroxyl groups is 1. The number of rotatable bonds is 4. The molecule has 0 fully saturated rings. The minimum Gasteiger partial charge on any atom is -0.504 e. The first-order chi connectivity index (χ1) is 7.61. The molecule has 7 heteroatoms. The molecule has 0 aliphatic rings. The third-order valence-electron chi connectivity index (χ3n) is 1.81. The summed E-state index contributed by atoms with van der Waals surface area (Å²) in [4.78, 5) is 10.1. The molecule has 0 aliphatic carbocycles. The predicted molar refractivity (Wildman–Crippen MR) is 55.3 cm³/mol. The molecule has 0 aromatic heterocycles. The van der Waals surface area contributed by atoms with E-state index >= 15 is 0 Å². The largest absolute Gasteiger partial charge is 0.504 e. The van der Waals surface area contributed by atoms with Crippen molar-refractivity contribution in [2.24, 2.45) is 5.16 Å². The van der Waals surface area contributed by atoms with Gasteiger partial charge in [0.15, 0.2) is 5.75 Å². The molecule has 2 N–H and O–H groups in total. The average molecular weight is 226 g/mol. The minimum atomic E-state index is -0.707. The Labute approximate surface area is 90.7 Å². The number of phenols is 1. The van der Waals surface area contributed by atoms with Gasteiger partial charge in [-0.15, -0.1) is 0 Å². The molecule has 1 aromatic rings. The van der Waals surface area contributed by atoms with Crippen molar-refractivity contribution in [2.45, 2.75) is 6.92 Å². The van der Waals surface area contributed by atoms with E-state index in [4.69, 9.17) is 9.94 Å². The van der Waals surface area contributed by atoms with Gasteiger partial charge in [-0.1, -0.05) is 5.16 Å². The normalized spacial score (nSPS) is 10.6. The fraction of sp³-hybridized carbons (Fsp3) is 0.222. The van der Waals surface area contributed by atoms with E-state index in [-0.39, 0.29) is 23.7 Å². The van der Waals surface area contributed by atoms with E-state index in [0.717, 1.165) is 6.21 Å². The van der Waals surface area contributed by atoms with Crippen LogP contribution in [0.5, 0.6) is 11.5 Å². The van der Waals surface area contributed by atoms with E-state index in [9.17, 15) is 15.2 Å². The van der Waals surface area contributed by atoms with Crippen molar-refractivity contribution in [3.8, 4) is 11.5 Å². The summed E-state index contributed by atoms with van der Waals surface area (Å²) in [7, 11) is 0. The summed E-state index contributed by atoms with van der Waals surface area (Å²) in [6.07, 6.45) is 0.903. The van der Waals surface area contributed by atoms with Gasteiger partial charge in [0.2, 0.25) is 5.75 Å². The maximum atomic E-state index is 10.8. The van der Waals surface area contributed by atoms with E-state index in [1.165, 1.54) is 12.1 Å². The number of ether oxygens (including phenoxy) is 1. The Hall–Kier alpha value is -2.31. The van der Waals surface area contributed by atoms with Crippen molar-refractivity contribution in [3.05, 3.63) is 27.8 Å². The number of nitro benzene ring substituents is 1. The van der Waals surface area contributed by atoms with Crippen LogP contribution in [0.2, 0.25) is 0 Å². The van der Waals surface area contributed by atoms with Crippen molar-refractivity contribution in [3.63, 3.8) is 0 Å². The summed E-state index contributed by atoms with van der Waals surface area (Å²) in [5.41, 5.74) is -0.381. The Morgan fingerprint density at radius 1 is 1.62 bits per heavy atom. The second-order valence-corrected chi connectivity index (χ2v) is 2.79.